The van der Waals surface area contributed by atoms with Gasteiger partial charge in [-0.3, -0.25) is 0 Å². The second kappa shape index (κ2) is 6.92. The number of aromatic nitrogens is 2. The Bertz CT molecular complexity index is 1160. The highest BCUT2D eigenvalue weighted by atomic mass is 16.5. The molecule has 0 aliphatic carbocycles. The number of benzene rings is 2. The van der Waals surface area contributed by atoms with Gasteiger partial charge < -0.3 is 13.7 Å². The monoisotopic (exact) mass is 360 g/mol. The Morgan fingerprint density at radius 1 is 1.15 bits per heavy atom. The van der Waals surface area contributed by atoms with Crippen molar-refractivity contribution in [3.05, 3.63) is 94.4 Å². The van der Waals surface area contributed by atoms with Crippen molar-refractivity contribution in [2.75, 3.05) is 0 Å². The Morgan fingerprint density at radius 2 is 1.96 bits per heavy atom. The zero-order chi connectivity index (χ0) is 18.8. The maximum absolute atomic E-state index is 12.3. The highest BCUT2D eigenvalue weighted by molar-refractivity contribution is 5.91. The van der Waals surface area contributed by atoms with Gasteiger partial charge in [-0.1, -0.05) is 17.7 Å². The quantitative estimate of drug-likeness (QED) is 0.316. The van der Waals surface area contributed by atoms with Crippen molar-refractivity contribution >= 4 is 16.9 Å². The summed E-state index contributed by atoms with van der Waals surface area (Å²) >= 11 is 0. The molecule has 0 spiro atoms. The van der Waals surface area contributed by atoms with E-state index in [0.717, 1.165) is 16.5 Å². The molecule has 0 aliphatic rings. The van der Waals surface area contributed by atoms with E-state index in [4.69, 9.17) is 9.15 Å². The second-order valence-electron chi connectivity index (χ2n) is 6.24. The smallest absolute Gasteiger partial charge is 0.343 e. The Hall–Kier alpha value is -3.67. The average Bonchev–Trinajstić information content (AvgIpc) is 3.15. The standard InChI is InChI=1S/C21H16N2O4/c1-14-2-4-15(5-3-14)21(25)26-17-6-7-18-16(12-23-9-8-22-13-23)10-20(24)27-19(18)11-17/h2-11,13H,12H2,1H3. The van der Waals surface area contributed by atoms with Crippen LogP contribution in [0.15, 0.2) is 76.5 Å². The van der Waals surface area contributed by atoms with E-state index >= 15 is 0 Å². The van der Waals surface area contributed by atoms with Gasteiger partial charge in [-0.05, 0) is 36.8 Å². The summed E-state index contributed by atoms with van der Waals surface area (Å²) in [6, 6.07) is 13.6. The van der Waals surface area contributed by atoms with E-state index in [1.807, 2.05) is 29.8 Å². The second-order valence-corrected chi connectivity index (χ2v) is 6.24. The lowest BCUT2D eigenvalue weighted by Crippen LogP contribution is -2.09. The summed E-state index contributed by atoms with van der Waals surface area (Å²) in [5, 5.41) is 0.776. The number of carbonyl (C=O) groups excluding carboxylic acids is 1. The molecule has 2 aromatic carbocycles. The highest BCUT2D eigenvalue weighted by Gasteiger charge is 2.11. The maximum atomic E-state index is 12.3. The fourth-order valence-corrected chi connectivity index (χ4v) is 2.84. The van der Waals surface area contributed by atoms with Crippen molar-refractivity contribution in [1.29, 1.82) is 0 Å². The van der Waals surface area contributed by atoms with Crippen LogP contribution in [0.1, 0.15) is 21.5 Å². The topological polar surface area (TPSA) is 74.3 Å². The first-order chi connectivity index (χ1) is 13.1. The third-order valence-electron chi connectivity index (χ3n) is 4.21. The molecule has 0 unspecified atom stereocenters. The number of esters is 1. The van der Waals surface area contributed by atoms with Crippen molar-refractivity contribution in [3.63, 3.8) is 0 Å². The van der Waals surface area contributed by atoms with Gasteiger partial charge in [-0.2, -0.15) is 0 Å². The number of imidazole rings is 1. The molecule has 4 rings (SSSR count). The number of rotatable bonds is 4. The summed E-state index contributed by atoms with van der Waals surface area (Å²) < 4.78 is 12.6. The summed E-state index contributed by atoms with van der Waals surface area (Å²) in [5.41, 5.74) is 2.22. The Morgan fingerprint density at radius 3 is 2.70 bits per heavy atom. The molecule has 0 saturated heterocycles. The molecule has 6 nitrogen and oxygen atoms in total. The fraction of sp³-hybridized carbons (Fsp3) is 0.0952. The van der Waals surface area contributed by atoms with Crippen LogP contribution in [0.4, 0.5) is 0 Å². The van der Waals surface area contributed by atoms with Gasteiger partial charge in [0, 0.05) is 36.5 Å². The van der Waals surface area contributed by atoms with E-state index in [1.165, 1.54) is 6.07 Å². The minimum Gasteiger partial charge on any atom is -0.423 e. The fourth-order valence-electron chi connectivity index (χ4n) is 2.84. The molecule has 0 bridgehead atoms. The molecule has 134 valence electrons. The zero-order valence-electron chi connectivity index (χ0n) is 14.6. The van der Waals surface area contributed by atoms with Crippen LogP contribution in [-0.2, 0) is 6.54 Å². The molecule has 0 aliphatic heterocycles. The van der Waals surface area contributed by atoms with Crippen LogP contribution in [-0.4, -0.2) is 15.5 Å². The summed E-state index contributed by atoms with van der Waals surface area (Å²) in [4.78, 5) is 28.2. The molecule has 27 heavy (non-hydrogen) atoms. The third-order valence-corrected chi connectivity index (χ3v) is 4.21. The van der Waals surface area contributed by atoms with Gasteiger partial charge in [0.2, 0.25) is 0 Å². The Balaban J connectivity index is 1.65. The molecule has 2 heterocycles. The zero-order valence-corrected chi connectivity index (χ0v) is 14.6. The third kappa shape index (κ3) is 3.64. The number of fused-ring (bicyclic) bond motifs is 1. The SMILES string of the molecule is Cc1ccc(C(=O)Oc2ccc3c(Cn4ccnc4)cc(=O)oc3c2)cc1. The molecular weight excluding hydrogens is 344 g/mol. The minimum atomic E-state index is -0.466. The lowest BCUT2D eigenvalue weighted by atomic mass is 10.1. The number of carbonyl (C=O) groups is 1. The predicted molar refractivity (Wildman–Crippen MR) is 100.0 cm³/mol. The molecule has 0 saturated carbocycles. The number of hydrogen-bond acceptors (Lipinski definition) is 5. The molecular formula is C21H16N2O4. The van der Waals surface area contributed by atoms with Crippen molar-refractivity contribution in [1.82, 2.24) is 9.55 Å². The molecule has 0 atom stereocenters. The van der Waals surface area contributed by atoms with E-state index in [9.17, 15) is 9.59 Å². The number of hydrogen-bond donors (Lipinski definition) is 0. The van der Waals surface area contributed by atoms with Gasteiger partial charge in [0.25, 0.3) is 0 Å². The molecule has 4 aromatic rings. The van der Waals surface area contributed by atoms with Crippen molar-refractivity contribution < 1.29 is 13.9 Å². The van der Waals surface area contributed by atoms with E-state index < -0.39 is 11.6 Å². The maximum Gasteiger partial charge on any atom is 0.343 e. The number of ether oxygens (including phenoxy) is 1. The number of nitrogens with zero attached hydrogens (tertiary/aromatic N) is 2. The lowest BCUT2D eigenvalue weighted by molar-refractivity contribution is 0.0735. The Kier molecular flexibility index (Phi) is 4.30. The van der Waals surface area contributed by atoms with Crippen LogP contribution in [0.5, 0.6) is 5.75 Å². The predicted octanol–water partition coefficient (Wildman–Crippen LogP) is 3.57. The largest absolute Gasteiger partial charge is 0.423 e. The molecule has 0 radical (unpaired) electrons. The molecule has 0 N–H and O–H groups in total. The van der Waals surface area contributed by atoms with Gasteiger partial charge in [-0.25, -0.2) is 14.6 Å². The first-order valence-corrected chi connectivity index (χ1v) is 8.40. The van der Waals surface area contributed by atoms with E-state index in [-0.39, 0.29) is 0 Å². The lowest BCUT2D eigenvalue weighted by Gasteiger charge is -2.08. The molecule has 2 aromatic heterocycles. The molecule has 0 amide bonds. The minimum absolute atomic E-state index is 0.316. The van der Waals surface area contributed by atoms with Gasteiger partial charge in [0.05, 0.1) is 11.9 Å². The summed E-state index contributed by atoms with van der Waals surface area (Å²) in [6.45, 7) is 2.44. The first kappa shape index (κ1) is 16.8. The molecule has 0 fully saturated rings. The van der Waals surface area contributed by atoms with Crippen LogP contribution in [0.25, 0.3) is 11.0 Å². The number of aryl methyl sites for hydroxylation is 1. The first-order valence-electron chi connectivity index (χ1n) is 8.40. The van der Waals surface area contributed by atoms with Crippen LogP contribution < -0.4 is 10.4 Å². The van der Waals surface area contributed by atoms with Crippen LogP contribution in [0.3, 0.4) is 0 Å². The van der Waals surface area contributed by atoms with Crippen LogP contribution >= 0.6 is 0 Å². The summed E-state index contributed by atoms with van der Waals surface area (Å²) in [6.07, 6.45) is 5.17. The molecule has 6 heteroatoms. The van der Waals surface area contributed by atoms with E-state index in [2.05, 4.69) is 4.98 Å². The van der Waals surface area contributed by atoms with E-state index in [1.54, 1.807) is 42.9 Å². The van der Waals surface area contributed by atoms with Crippen molar-refractivity contribution in [2.45, 2.75) is 13.5 Å². The highest BCUT2D eigenvalue weighted by Crippen LogP contribution is 2.24. The van der Waals surface area contributed by atoms with Gasteiger partial charge in [0.15, 0.2) is 0 Å². The normalized spacial score (nSPS) is 10.9. The van der Waals surface area contributed by atoms with Gasteiger partial charge >= 0.3 is 11.6 Å². The van der Waals surface area contributed by atoms with Crippen molar-refractivity contribution in [2.24, 2.45) is 0 Å². The van der Waals surface area contributed by atoms with Crippen molar-refractivity contribution in [3.8, 4) is 5.75 Å². The summed E-state index contributed by atoms with van der Waals surface area (Å²) in [5.74, 6) is -0.151. The van der Waals surface area contributed by atoms with E-state index in [0.29, 0.717) is 23.4 Å². The van der Waals surface area contributed by atoms with Crippen LogP contribution in [0, 0.1) is 6.92 Å². The Labute approximate surface area is 154 Å². The average molecular weight is 360 g/mol. The van der Waals surface area contributed by atoms with Gasteiger partial charge in [0.1, 0.15) is 11.3 Å². The summed E-state index contributed by atoms with van der Waals surface area (Å²) in [7, 11) is 0. The van der Waals surface area contributed by atoms with Crippen LogP contribution in [0.2, 0.25) is 0 Å². The van der Waals surface area contributed by atoms with Gasteiger partial charge in [-0.15, -0.1) is 0 Å².